The summed E-state index contributed by atoms with van der Waals surface area (Å²) in [4.78, 5) is 9.76. The van der Waals surface area contributed by atoms with E-state index in [9.17, 15) is 35.5 Å². The van der Waals surface area contributed by atoms with Crippen LogP contribution in [0.1, 0.15) is 0 Å². The number of aliphatic carboxylic acids is 1. The lowest BCUT2D eigenvalue weighted by Crippen LogP contribution is -2.67. The molecule has 0 aliphatic carbocycles. The van der Waals surface area contributed by atoms with Crippen molar-refractivity contribution >= 4 is 5.97 Å². The summed E-state index contributed by atoms with van der Waals surface area (Å²) in [5.41, 5.74) is 0. The molecule has 11 heteroatoms. The Bertz CT molecular complexity index is 294. The Kier molecular flexibility index (Phi) is 3.21. The third-order valence-electron chi connectivity index (χ3n) is 1.49. The van der Waals surface area contributed by atoms with Crippen LogP contribution >= 0.6 is 0 Å². The standard InChI is InChI=1S/C5H3F7O4/c6-3(7,2(15,16)1(13)14)4(8,9)5(10,11)12/h15-16H,(H,13,14). The summed E-state index contributed by atoms with van der Waals surface area (Å²) in [6.45, 7) is 0. The van der Waals surface area contributed by atoms with E-state index in [-0.39, 0.29) is 0 Å². The third-order valence-corrected chi connectivity index (χ3v) is 1.49. The van der Waals surface area contributed by atoms with Crippen molar-refractivity contribution in [2.75, 3.05) is 0 Å². The molecule has 0 saturated carbocycles. The minimum absolute atomic E-state index is 3.35. The van der Waals surface area contributed by atoms with Crippen LogP contribution in [0.25, 0.3) is 0 Å². The molecule has 3 N–H and O–H groups in total. The number of carbonyl (C=O) groups is 1. The maximum Gasteiger partial charge on any atom is 0.460 e. The van der Waals surface area contributed by atoms with Crippen molar-refractivity contribution in [3.63, 3.8) is 0 Å². The molecule has 0 heterocycles. The highest BCUT2D eigenvalue weighted by atomic mass is 19.4. The van der Waals surface area contributed by atoms with E-state index >= 15 is 0 Å². The van der Waals surface area contributed by atoms with Gasteiger partial charge >= 0.3 is 29.8 Å². The second-order valence-corrected chi connectivity index (χ2v) is 2.62. The molecule has 0 bridgehead atoms. The fraction of sp³-hybridized carbons (Fsp3) is 0.800. The molecule has 0 aromatic carbocycles. The molecule has 0 aliphatic heterocycles. The summed E-state index contributed by atoms with van der Waals surface area (Å²) < 4.78 is 83.4. The molecule has 0 saturated heterocycles. The van der Waals surface area contributed by atoms with Gasteiger partial charge in [-0.2, -0.15) is 30.7 Å². The zero-order chi connectivity index (χ0) is 13.6. The van der Waals surface area contributed by atoms with Gasteiger partial charge in [-0.3, -0.25) is 0 Å². The van der Waals surface area contributed by atoms with Gasteiger partial charge in [-0.05, 0) is 0 Å². The van der Waals surface area contributed by atoms with Crippen molar-refractivity contribution in [3.05, 3.63) is 0 Å². The van der Waals surface area contributed by atoms with E-state index in [0.717, 1.165) is 0 Å². The molecular weight excluding hydrogens is 257 g/mol. The average Bonchev–Trinajstić information content (AvgIpc) is 2.00. The fourth-order valence-electron chi connectivity index (χ4n) is 0.531. The minimum Gasteiger partial charge on any atom is -0.477 e. The lowest BCUT2D eigenvalue weighted by molar-refractivity contribution is -0.413. The molecule has 0 aromatic heterocycles. The monoisotopic (exact) mass is 260 g/mol. The van der Waals surface area contributed by atoms with Gasteiger partial charge < -0.3 is 15.3 Å². The molecule has 16 heavy (non-hydrogen) atoms. The van der Waals surface area contributed by atoms with Crippen LogP contribution in [0.4, 0.5) is 30.7 Å². The predicted molar refractivity (Wildman–Crippen MR) is 30.8 cm³/mol. The highest BCUT2D eigenvalue weighted by Gasteiger charge is 2.82. The van der Waals surface area contributed by atoms with Crippen molar-refractivity contribution in [2.45, 2.75) is 23.8 Å². The maximum absolute atomic E-state index is 12.4. The Morgan fingerprint density at radius 2 is 1.12 bits per heavy atom. The average molecular weight is 260 g/mol. The fourth-order valence-corrected chi connectivity index (χ4v) is 0.531. The lowest BCUT2D eigenvalue weighted by Gasteiger charge is -2.33. The van der Waals surface area contributed by atoms with Crippen molar-refractivity contribution in [3.8, 4) is 0 Å². The SMILES string of the molecule is O=C(O)C(O)(O)C(F)(F)C(F)(F)C(F)(F)F. The van der Waals surface area contributed by atoms with Gasteiger partial charge in [0.05, 0.1) is 0 Å². The van der Waals surface area contributed by atoms with E-state index in [1.54, 1.807) is 0 Å². The van der Waals surface area contributed by atoms with E-state index in [1.165, 1.54) is 0 Å². The Labute approximate surface area is 81.9 Å². The Morgan fingerprint density at radius 1 is 0.812 bits per heavy atom. The first-order chi connectivity index (χ1) is 6.69. The summed E-state index contributed by atoms with van der Waals surface area (Å²) in [5, 5.41) is 23.8. The number of carboxylic acid groups (broad SMARTS) is 1. The zero-order valence-corrected chi connectivity index (χ0v) is 6.90. The second kappa shape index (κ2) is 3.45. The lowest BCUT2D eigenvalue weighted by atomic mass is 10.0. The predicted octanol–water partition coefficient (Wildman–Crippen LogP) is 0.585. The molecule has 0 amide bonds. The zero-order valence-electron chi connectivity index (χ0n) is 6.90. The van der Waals surface area contributed by atoms with E-state index in [4.69, 9.17) is 15.3 Å². The third kappa shape index (κ3) is 1.80. The molecule has 0 unspecified atom stereocenters. The largest absolute Gasteiger partial charge is 0.477 e. The van der Waals surface area contributed by atoms with Gasteiger partial charge in [0.2, 0.25) is 0 Å². The maximum atomic E-state index is 12.4. The molecule has 0 fully saturated rings. The molecule has 0 spiro atoms. The number of halogens is 7. The van der Waals surface area contributed by atoms with Gasteiger partial charge in [0.25, 0.3) is 0 Å². The van der Waals surface area contributed by atoms with Gasteiger partial charge in [0, 0.05) is 0 Å². The Morgan fingerprint density at radius 3 is 1.31 bits per heavy atom. The molecule has 4 nitrogen and oxygen atoms in total. The quantitative estimate of drug-likeness (QED) is 0.512. The first-order valence-corrected chi connectivity index (χ1v) is 3.20. The summed E-state index contributed by atoms with van der Waals surface area (Å²) in [6.07, 6.45) is -6.84. The smallest absolute Gasteiger partial charge is 0.460 e. The number of alkyl halides is 7. The van der Waals surface area contributed by atoms with Crippen LogP contribution in [0.5, 0.6) is 0 Å². The van der Waals surface area contributed by atoms with E-state index < -0.39 is 29.8 Å². The summed E-state index contributed by atoms with van der Waals surface area (Å²) in [5.74, 6) is -22.5. The van der Waals surface area contributed by atoms with Crippen molar-refractivity contribution in [2.24, 2.45) is 0 Å². The van der Waals surface area contributed by atoms with Gasteiger partial charge in [-0.25, -0.2) is 4.79 Å². The Hall–Kier alpha value is -1.10. The van der Waals surface area contributed by atoms with Crippen LogP contribution < -0.4 is 0 Å². The highest BCUT2D eigenvalue weighted by Crippen LogP contribution is 2.50. The molecule has 0 atom stereocenters. The molecule has 0 aromatic rings. The van der Waals surface area contributed by atoms with Crippen molar-refractivity contribution in [1.29, 1.82) is 0 Å². The normalized spacial score (nSPS) is 15.1. The molecule has 0 rings (SSSR count). The Balaban J connectivity index is 5.62. The minimum atomic E-state index is -6.91. The van der Waals surface area contributed by atoms with E-state index in [0.29, 0.717) is 0 Å². The van der Waals surface area contributed by atoms with Crippen molar-refractivity contribution < 1.29 is 50.8 Å². The van der Waals surface area contributed by atoms with Crippen LogP contribution in [0, 0.1) is 0 Å². The van der Waals surface area contributed by atoms with Gasteiger partial charge in [-0.1, -0.05) is 0 Å². The first kappa shape index (κ1) is 14.9. The van der Waals surface area contributed by atoms with Crippen LogP contribution in [0.2, 0.25) is 0 Å². The van der Waals surface area contributed by atoms with Crippen LogP contribution in [0.3, 0.4) is 0 Å². The molecular formula is C5H3F7O4. The summed E-state index contributed by atoms with van der Waals surface area (Å²) >= 11 is 0. The number of aliphatic hydroxyl groups is 2. The molecule has 0 radical (unpaired) electrons. The number of carboxylic acids is 1. The van der Waals surface area contributed by atoms with Crippen molar-refractivity contribution in [1.82, 2.24) is 0 Å². The first-order valence-electron chi connectivity index (χ1n) is 3.20. The van der Waals surface area contributed by atoms with Crippen LogP contribution in [0.15, 0.2) is 0 Å². The molecule has 0 aliphatic rings. The number of hydrogen-bond donors (Lipinski definition) is 3. The van der Waals surface area contributed by atoms with Gasteiger partial charge in [0.1, 0.15) is 0 Å². The highest BCUT2D eigenvalue weighted by molar-refractivity contribution is 5.76. The second-order valence-electron chi connectivity index (χ2n) is 2.62. The van der Waals surface area contributed by atoms with E-state index in [1.807, 2.05) is 0 Å². The van der Waals surface area contributed by atoms with Gasteiger partial charge in [-0.15, -0.1) is 0 Å². The van der Waals surface area contributed by atoms with Crippen LogP contribution in [-0.4, -0.2) is 45.1 Å². The van der Waals surface area contributed by atoms with Gasteiger partial charge in [0.15, 0.2) is 0 Å². The topological polar surface area (TPSA) is 77.8 Å². The molecule has 96 valence electrons. The van der Waals surface area contributed by atoms with Crippen LogP contribution in [-0.2, 0) is 4.79 Å². The summed E-state index contributed by atoms with van der Waals surface area (Å²) in [6, 6.07) is 0. The number of rotatable bonds is 3. The summed E-state index contributed by atoms with van der Waals surface area (Å²) in [7, 11) is 0. The van der Waals surface area contributed by atoms with E-state index in [2.05, 4.69) is 0 Å². The number of hydrogen-bond acceptors (Lipinski definition) is 3.